The molecule has 1 aromatic heterocycles. The number of carbonyl (C=O) groups excluding carboxylic acids is 1. The summed E-state index contributed by atoms with van der Waals surface area (Å²) < 4.78 is 10.6. The van der Waals surface area contributed by atoms with E-state index >= 15 is 0 Å². The summed E-state index contributed by atoms with van der Waals surface area (Å²) in [5.41, 5.74) is 2.00. The van der Waals surface area contributed by atoms with Crippen LogP contribution in [0, 0.1) is 6.92 Å². The van der Waals surface area contributed by atoms with Gasteiger partial charge in [-0.15, -0.1) is 0 Å². The quantitative estimate of drug-likeness (QED) is 0.776. The maximum atomic E-state index is 12.0. The minimum absolute atomic E-state index is 0.223. The second-order valence-corrected chi connectivity index (χ2v) is 5.40. The summed E-state index contributed by atoms with van der Waals surface area (Å²) in [6.07, 6.45) is 1.42. The maximum absolute atomic E-state index is 12.0. The third kappa shape index (κ3) is 4.87. The van der Waals surface area contributed by atoms with Crippen LogP contribution in [0.25, 0.3) is 0 Å². The molecule has 0 fully saturated rings. The van der Waals surface area contributed by atoms with E-state index in [1.54, 1.807) is 18.2 Å². The molecular formula is C18H21NO5. The Labute approximate surface area is 140 Å². The molecule has 2 N–H and O–H groups in total. The van der Waals surface area contributed by atoms with Gasteiger partial charge in [-0.25, -0.2) is 4.79 Å². The van der Waals surface area contributed by atoms with Crippen molar-refractivity contribution in [3.63, 3.8) is 0 Å². The predicted octanol–water partition coefficient (Wildman–Crippen LogP) is 2.59. The van der Waals surface area contributed by atoms with Crippen LogP contribution in [0.2, 0.25) is 0 Å². The van der Waals surface area contributed by atoms with Crippen molar-refractivity contribution < 1.29 is 23.8 Å². The Morgan fingerprint density at radius 2 is 1.96 bits per heavy atom. The zero-order valence-corrected chi connectivity index (χ0v) is 13.8. The number of carboxylic acid groups (broad SMARTS) is 1. The van der Waals surface area contributed by atoms with Gasteiger partial charge in [0.2, 0.25) is 0 Å². The molecule has 128 valence electrons. The molecule has 0 aliphatic carbocycles. The maximum Gasteiger partial charge on any atom is 0.341 e. The van der Waals surface area contributed by atoms with E-state index in [9.17, 15) is 9.59 Å². The minimum Gasteiger partial charge on any atom is -0.482 e. The number of hydrogen-bond donors (Lipinski definition) is 2. The van der Waals surface area contributed by atoms with Crippen LogP contribution >= 0.6 is 0 Å². The van der Waals surface area contributed by atoms with Crippen LogP contribution in [0.4, 0.5) is 0 Å². The van der Waals surface area contributed by atoms with Crippen LogP contribution < -0.4 is 10.1 Å². The standard InChI is InChI=1S/C18H21NO5/c1-3-15-12(2)10-16(24-15)18(22)19-9-8-13-4-6-14(7-5-13)23-11-17(20)21/h4-7,10H,3,8-9,11H2,1-2H3,(H,19,22)(H,20,21). The summed E-state index contributed by atoms with van der Waals surface area (Å²) >= 11 is 0. The summed E-state index contributed by atoms with van der Waals surface area (Å²) in [6, 6.07) is 8.86. The van der Waals surface area contributed by atoms with Gasteiger partial charge in [-0.1, -0.05) is 19.1 Å². The van der Waals surface area contributed by atoms with Crippen molar-refractivity contribution in [3.05, 3.63) is 53.0 Å². The first-order valence-corrected chi connectivity index (χ1v) is 7.80. The van der Waals surface area contributed by atoms with E-state index in [1.165, 1.54) is 0 Å². The van der Waals surface area contributed by atoms with Gasteiger partial charge in [0.15, 0.2) is 12.4 Å². The topological polar surface area (TPSA) is 88.8 Å². The second kappa shape index (κ2) is 8.19. The average molecular weight is 331 g/mol. The molecule has 2 rings (SSSR count). The summed E-state index contributed by atoms with van der Waals surface area (Å²) in [6.45, 7) is 4.03. The lowest BCUT2D eigenvalue weighted by molar-refractivity contribution is -0.139. The fourth-order valence-corrected chi connectivity index (χ4v) is 2.29. The molecule has 0 unspecified atom stereocenters. The van der Waals surface area contributed by atoms with Gasteiger partial charge in [0.25, 0.3) is 5.91 Å². The lowest BCUT2D eigenvalue weighted by Crippen LogP contribution is -2.25. The van der Waals surface area contributed by atoms with E-state index in [0.29, 0.717) is 24.5 Å². The molecule has 0 radical (unpaired) electrons. The van der Waals surface area contributed by atoms with Crippen molar-refractivity contribution in [2.45, 2.75) is 26.7 Å². The molecule has 0 aliphatic rings. The molecular weight excluding hydrogens is 310 g/mol. The van der Waals surface area contributed by atoms with E-state index in [1.807, 2.05) is 26.0 Å². The second-order valence-electron chi connectivity index (χ2n) is 5.40. The molecule has 0 atom stereocenters. The fraction of sp³-hybridized carbons (Fsp3) is 0.333. The Morgan fingerprint density at radius 3 is 2.54 bits per heavy atom. The molecule has 1 amide bonds. The first kappa shape index (κ1) is 17.6. The van der Waals surface area contributed by atoms with Crippen molar-refractivity contribution in [2.24, 2.45) is 0 Å². The third-order valence-corrected chi connectivity index (χ3v) is 3.55. The Bertz CT molecular complexity index is 703. The number of nitrogens with one attached hydrogen (secondary N) is 1. The number of rotatable bonds is 8. The number of hydrogen-bond acceptors (Lipinski definition) is 4. The zero-order chi connectivity index (χ0) is 17.5. The van der Waals surface area contributed by atoms with Gasteiger partial charge in [0.05, 0.1) is 0 Å². The lowest BCUT2D eigenvalue weighted by atomic mass is 10.1. The third-order valence-electron chi connectivity index (χ3n) is 3.55. The summed E-state index contributed by atoms with van der Waals surface area (Å²) in [4.78, 5) is 22.5. The molecule has 1 aromatic carbocycles. The molecule has 0 spiro atoms. The fourth-order valence-electron chi connectivity index (χ4n) is 2.29. The molecule has 24 heavy (non-hydrogen) atoms. The first-order valence-electron chi connectivity index (χ1n) is 7.80. The molecule has 6 nitrogen and oxygen atoms in total. The number of benzene rings is 1. The molecule has 0 bridgehead atoms. The zero-order valence-electron chi connectivity index (χ0n) is 13.8. The van der Waals surface area contributed by atoms with Crippen LogP contribution in [0.3, 0.4) is 0 Å². The Kier molecular flexibility index (Phi) is 6.01. The van der Waals surface area contributed by atoms with Gasteiger partial charge in [0, 0.05) is 13.0 Å². The number of carbonyl (C=O) groups is 2. The number of furan rings is 1. The number of aliphatic carboxylic acids is 1. The number of carboxylic acids is 1. The Balaban J connectivity index is 1.80. The number of aryl methyl sites for hydroxylation is 2. The highest BCUT2D eigenvalue weighted by Crippen LogP contribution is 2.15. The van der Waals surface area contributed by atoms with Crippen LogP contribution in [-0.2, 0) is 17.6 Å². The summed E-state index contributed by atoms with van der Waals surface area (Å²) in [5, 5.41) is 11.4. The van der Waals surface area contributed by atoms with E-state index in [-0.39, 0.29) is 12.5 Å². The van der Waals surface area contributed by atoms with Gasteiger partial charge >= 0.3 is 5.97 Å². The highest BCUT2D eigenvalue weighted by atomic mass is 16.5. The monoisotopic (exact) mass is 331 g/mol. The summed E-state index contributed by atoms with van der Waals surface area (Å²) in [7, 11) is 0. The van der Waals surface area contributed by atoms with E-state index < -0.39 is 5.97 Å². The van der Waals surface area contributed by atoms with E-state index in [2.05, 4.69) is 5.32 Å². The molecule has 6 heteroatoms. The highest BCUT2D eigenvalue weighted by Gasteiger charge is 2.13. The van der Waals surface area contributed by atoms with Crippen LogP contribution in [0.15, 0.2) is 34.7 Å². The Hall–Kier alpha value is -2.76. The average Bonchev–Trinajstić information content (AvgIpc) is 2.95. The number of ether oxygens (including phenoxy) is 1. The van der Waals surface area contributed by atoms with Crippen LogP contribution in [0.1, 0.15) is 34.4 Å². The van der Waals surface area contributed by atoms with Crippen LogP contribution in [-0.4, -0.2) is 30.1 Å². The highest BCUT2D eigenvalue weighted by molar-refractivity contribution is 5.91. The predicted molar refractivity (Wildman–Crippen MR) is 88.4 cm³/mol. The van der Waals surface area contributed by atoms with Crippen molar-refractivity contribution in [1.29, 1.82) is 0 Å². The van der Waals surface area contributed by atoms with Crippen molar-refractivity contribution in [2.75, 3.05) is 13.2 Å². The molecule has 0 aliphatic heterocycles. The van der Waals surface area contributed by atoms with E-state index in [4.69, 9.17) is 14.3 Å². The lowest BCUT2D eigenvalue weighted by Gasteiger charge is -2.06. The van der Waals surface area contributed by atoms with E-state index in [0.717, 1.165) is 23.3 Å². The number of amides is 1. The van der Waals surface area contributed by atoms with Crippen molar-refractivity contribution in [3.8, 4) is 5.75 Å². The van der Waals surface area contributed by atoms with Crippen molar-refractivity contribution in [1.82, 2.24) is 5.32 Å². The molecule has 0 saturated carbocycles. The summed E-state index contributed by atoms with van der Waals surface area (Å²) in [5.74, 6) is 0.433. The largest absolute Gasteiger partial charge is 0.482 e. The minimum atomic E-state index is -1.01. The molecule has 1 heterocycles. The van der Waals surface area contributed by atoms with Crippen molar-refractivity contribution >= 4 is 11.9 Å². The normalized spacial score (nSPS) is 10.4. The molecule has 0 saturated heterocycles. The smallest absolute Gasteiger partial charge is 0.341 e. The van der Waals surface area contributed by atoms with Gasteiger partial charge < -0.3 is 19.6 Å². The first-order chi connectivity index (χ1) is 11.5. The van der Waals surface area contributed by atoms with Gasteiger partial charge in [0.1, 0.15) is 11.5 Å². The van der Waals surface area contributed by atoms with Gasteiger partial charge in [-0.2, -0.15) is 0 Å². The SMILES string of the molecule is CCc1oc(C(=O)NCCc2ccc(OCC(=O)O)cc2)cc1C. The van der Waals surface area contributed by atoms with Gasteiger partial charge in [-0.3, -0.25) is 4.79 Å². The Morgan fingerprint density at radius 1 is 1.25 bits per heavy atom. The van der Waals surface area contributed by atoms with Crippen LogP contribution in [0.5, 0.6) is 5.75 Å². The molecule has 2 aromatic rings. The van der Waals surface area contributed by atoms with Gasteiger partial charge in [-0.05, 0) is 42.7 Å².